The average molecular weight is 248 g/mol. The molecule has 0 saturated carbocycles. The molecular formula is C15H24N2O. The molecule has 2 rings (SSSR count). The Morgan fingerprint density at radius 3 is 2.56 bits per heavy atom. The van der Waals surface area contributed by atoms with E-state index in [0.717, 1.165) is 31.2 Å². The van der Waals surface area contributed by atoms with E-state index in [4.69, 9.17) is 10.5 Å². The molecule has 1 aliphatic heterocycles. The number of nitrogens with one attached hydrogen (secondary N) is 1. The summed E-state index contributed by atoms with van der Waals surface area (Å²) in [5, 5.41) is 3.39. The highest BCUT2D eigenvalue weighted by molar-refractivity contribution is 5.29. The van der Waals surface area contributed by atoms with Crippen molar-refractivity contribution in [3.8, 4) is 5.75 Å². The van der Waals surface area contributed by atoms with Crippen molar-refractivity contribution in [2.75, 3.05) is 19.7 Å². The summed E-state index contributed by atoms with van der Waals surface area (Å²) >= 11 is 0. The van der Waals surface area contributed by atoms with Gasteiger partial charge in [0.25, 0.3) is 0 Å². The van der Waals surface area contributed by atoms with Crippen molar-refractivity contribution in [1.29, 1.82) is 0 Å². The van der Waals surface area contributed by atoms with E-state index in [1.807, 2.05) is 19.1 Å². The third-order valence-corrected chi connectivity index (χ3v) is 3.67. The predicted molar refractivity (Wildman–Crippen MR) is 74.8 cm³/mol. The van der Waals surface area contributed by atoms with Crippen molar-refractivity contribution in [2.24, 2.45) is 11.7 Å². The van der Waals surface area contributed by atoms with Crippen LogP contribution in [0.4, 0.5) is 0 Å². The summed E-state index contributed by atoms with van der Waals surface area (Å²) in [5.41, 5.74) is 7.51. The van der Waals surface area contributed by atoms with Crippen LogP contribution in [-0.4, -0.2) is 19.7 Å². The number of benzene rings is 1. The number of rotatable bonds is 5. The number of hydrogen-bond donors (Lipinski definition) is 2. The average Bonchev–Trinajstić information content (AvgIpc) is 2.41. The minimum absolute atomic E-state index is 0.156. The van der Waals surface area contributed by atoms with Crippen LogP contribution in [0, 0.1) is 5.92 Å². The highest BCUT2D eigenvalue weighted by Crippen LogP contribution is 2.25. The van der Waals surface area contributed by atoms with Gasteiger partial charge in [0.05, 0.1) is 6.61 Å². The van der Waals surface area contributed by atoms with Crippen LogP contribution in [0.15, 0.2) is 24.3 Å². The van der Waals surface area contributed by atoms with E-state index in [0.29, 0.717) is 6.61 Å². The van der Waals surface area contributed by atoms with E-state index >= 15 is 0 Å². The molecule has 1 aromatic carbocycles. The molecule has 1 unspecified atom stereocenters. The molecule has 0 aromatic heterocycles. The second-order valence-corrected chi connectivity index (χ2v) is 5.04. The Morgan fingerprint density at radius 2 is 1.94 bits per heavy atom. The van der Waals surface area contributed by atoms with Crippen LogP contribution in [0.3, 0.4) is 0 Å². The summed E-state index contributed by atoms with van der Waals surface area (Å²) in [6.07, 6.45) is 3.60. The number of nitrogens with two attached hydrogens (primary N) is 1. The molecular weight excluding hydrogens is 224 g/mol. The fourth-order valence-electron chi connectivity index (χ4n) is 2.59. The molecule has 3 N–H and O–H groups in total. The molecule has 1 aliphatic rings. The van der Waals surface area contributed by atoms with Crippen molar-refractivity contribution in [3.05, 3.63) is 29.8 Å². The van der Waals surface area contributed by atoms with Crippen molar-refractivity contribution in [3.63, 3.8) is 0 Å². The number of hydrogen-bond acceptors (Lipinski definition) is 3. The van der Waals surface area contributed by atoms with Gasteiger partial charge in [0, 0.05) is 6.04 Å². The van der Waals surface area contributed by atoms with Crippen molar-refractivity contribution >= 4 is 0 Å². The first-order valence-corrected chi connectivity index (χ1v) is 6.98. The van der Waals surface area contributed by atoms with Gasteiger partial charge in [-0.05, 0) is 62.9 Å². The van der Waals surface area contributed by atoms with Crippen molar-refractivity contribution in [2.45, 2.75) is 32.2 Å². The molecule has 100 valence electrons. The summed E-state index contributed by atoms with van der Waals surface area (Å²) in [7, 11) is 0. The van der Waals surface area contributed by atoms with Gasteiger partial charge in [-0.15, -0.1) is 0 Å². The van der Waals surface area contributed by atoms with Crippen LogP contribution in [0.5, 0.6) is 5.75 Å². The lowest BCUT2D eigenvalue weighted by molar-refractivity contribution is 0.331. The molecule has 1 saturated heterocycles. The second kappa shape index (κ2) is 6.76. The monoisotopic (exact) mass is 248 g/mol. The maximum Gasteiger partial charge on any atom is 0.119 e. The molecule has 0 spiro atoms. The highest BCUT2D eigenvalue weighted by Gasteiger charge is 2.17. The van der Waals surface area contributed by atoms with Crippen LogP contribution >= 0.6 is 0 Å². The van der Waals surface area contributed by atoms with Gasteiger partial charge < -0.3 is 15.8 Å². The molecule has 1 fully saturated rings. The normalized spacial score (nSPS) is 18.6. The predicted octanol–water partition coefficient (Wildman–Crippen LogP) is 2.47. The quantitative estimate of drug-likeness (QED) is 0.841. The van der Waals surface area contributed by atoms with E-state index < -0.39 is 0 Å². The third kappa shape index (κ3) is 3.72. The topological polar surface area (TPSA) is 47.3 Å². The van der Waals surface area contributed by atoms with Crippen LogP contribution in [0.25, 0.3) is 0 Å². The number of ether oxygens (including phenoxy) is 1. The zero-order chi connectivity index (χ0) is 12.8. The maximum atomic E-state index is 6.29. The van der Waals surface area contributed by atoms with Crippen molar-refractivity contribution < 1.29 is 4.74 Å². The van der Waals surface area contributed by atoms with Crippen LogP contribution in [0.1, 0.15) is 37.8 Å². The lowest BCUT2D eigenvalue weighted by Gasteiger charge is -2.25. The third-order valence-electron chi connectivity index (χ3n) is 3.67. The summed E-state index contributed by atoms with van der Waals surface area (Å²) in [5.74, 6) is 1.70. The van der Waals surface area contributed by atoms with Crippen LogP contribution in [0.2, 0.25) is 0 Å². The second-order valence-electron chi connectivity index (χ2n) is 5.04. The van der Waals surface area contributed by atoms with Gasteiger partial charge in [-0.1, -0.05) is 12.1 Å². The van der Waals surface area contributed by atoms with E-state index in [1.54, 1.807) is 0 Å². The largest absolute Gasteiger partial charge is 0.494 e. The van der Waals surface area contributed by atoms with Gasteiger partial charge in [0.15, 0.2) is 0 Å². The molecule has 1 heterocycles. The van der Waals surface area contributed by atoms with E-state index in [9.17, 15) is 0 Å². The van der Waals surface area contributed by atoms with Gasteiger partial charge >= 0.3 is 0 Å². The van der Waals surface area contributed by atoms with Gasteiger partial charge in [0.1, 0.15) is 5.75 Å². The summed E-state index contributed by atoms with van der Waals surface area (Å²) < 4.78 is 5.44. The fraction of sp³-hybridized carbons (Fsp3) is 0.600. The minimum atomic E-state index is 0.156. The fourth-order valence-corrected chi connectivity index (χ4v) is 2.59. The van der Waals surface area contributed by atoms with Gasteiger partial charge in [0.2, 0.25) is 0 Å². The highest BCUT2D eigenvalue weighted by atomic mass is 16.5. The van der Waals surface area contributed by atoms with Crippen LogP contribution < -0.4 is 15.8 Å². The summed E-state index contributed by atoms with van der Waals surface area (Å²) in [6.45, 7) is 4.98. The lowest BCUT2D eigenvalue weighted by Crippen LogP contribution is -2.29. The molecule has 1 aromatic rings. The Kier molecular flexibility index (Phi) is 5.02. The summed E-state index contributed by atoms with van der Waals surface area (Å²) in [6, 6.07) is 8.37. The minimum Gasteiger partial charge on any atom is -0.494 e. The Bertz CT molecular complexity index is 344. The maximum absolute atomic E-state index is 6.29. The van der Waals surface area contributed by atoms with E-state index in [1.165, 1.54) is 18.4 Å². The molecule has 0 aliphatic carbocycles. The van der Waals surface area contributed by atoms with Gasteiger partial charge in [-0.3, -0.25) is 0 Å². The molecule has 0 radical (unpaired) electrons. The molecule has 3 nitrogen and oxygen atoms in total. The van der Waals surface area contributed by atoms with E-state index in [-0.39, 0.29) is 6.04 Å². The van der Waals surface area contributed by atoms with Gasteiger partial charge in [-0.25, -0.2) is 0 Å². The number of piperidine rings is 1. The SMILES string of the molecule is CCOc1ccc(C(N)CC2CCNCC2)cc1. The van der Waals surface area contributed by atoms with Gasteiger partial charge in [-0.2, -0.15) is 0 Å². The zero-order valence-electron chi connectivity index (χ0n) is 11.2. The lowest BCUT2D eigenvalue weighted by atomic mass is 9.89. The first-order valence-electron chi connectivity index (χ1n) is 6.98. The first kappa shape index (κ1) is 13.4. The standard InChI is InChI=1S/C15H24N2O/c1-2-18-14-5-3-13(4-6-14)15(16)11-12-7-9-17-10-8-12/h3-6,12,15,17H,2,7-11,16H2,1H3. The molecule has 1 atom stereocenters. The Hall–Kier alpha value is -1.06. The molecule has 0 bridgehead atoms. The first-order chi connectivity index (χ1) is 8.79. The summed E-state index contributed by atoms with van der Waals surface area (Å²) in [4.78, 5) is 0. The molecule has 18 heavy (non-hydrogen) atoms. The molecule has 3 heteroatoms. The van der Waals surface area contributed by atoms with E-state index in [2.05, 4.69) is 17.4 Å². The molecule has 0 amide bonds. The van der Waals surface area contributed by atoms with Crippen LogP contribution in [-0.2, 0) is 0 Å². The van der Waals surface area contributed by atoms with Crippen molar-refractivity contribution in [1.82, 2.24) is 5.32 Å². The zero-order valence-corrected chi connectivity index (χ0v) is 11.2. The Balaban J connectivity index is 1.89. The Morgan fingerprint density at radius 1 is 1.28 bits per heavy atom. The smallest absolute Gasteiger partial charge is 0.119 e. The Labute approximate surface area is 110 Å².